The maximum atomic E-state index is 13.1. The van der Waals surface area contributed by atoms with Crippen LogP contribution >= 0.6 is 0 Å². The molecular formula is C14H19FO2. The molecule has 0 saturated heterocycles. The average Bonchev–Trinajstić information content (AvgIpc) is 2.78. The van der Waals surface area contributed by atoms with Gasteiger partial charge in [-0.1, -0.05) is 12.8 Å². The van der Waals surface area contributed by atoms with Gasteiger partial charge in [-0.3, -0.25) is 0 Å². The molecule has 1 aromatic rings. The van der Waals surface area contributed by atoms with Crippen molar-refractivity contribution in [1.29, 1.82) is 0 Å². The Morgan fingerprint density at radius 2 is 2.12 bits per heavy atom. The van der Waals surface area contributed by atoms with E-state index in [-0.39, 0.29) is 5.82 Å². The molecule has 0 heterocycles. The largest absolute Gasteiger partial charge is 0.493 e. The molecule has 1 aliphatic carbocycles. The summed E-state index contributed by atoms with van der Waals surface area (Å²) in [5.74, 6) is 0.739. The van der Waals surface area contributed by atoms with Gasteiger partial charge in [0.05, 0.1) is 12.7 Å². The van der Waals surface area contributed by atoms with Crippen LogP contribution in [-0.2, 0) is 0 Å². The normalized spacial score (nSPS) is 18.3. The average molecular weight is 238 g/mol. The number of hydrogen-bond acceptors (Lipinski definition) is 2. The van der Waals surface area contributed by atoms with E-state index in [0.717, 1.165) is 0 Å². The summed E-state index contributed by atoms with van der Waals surface area (Å²) >= 11 is 0. The van der Waals surface area contributed by atoms with E-state index in [4.69, 9.17) is 4.74 Å². The SMILES string of the molecule is C[C@H](O)c1ccc(F)cc1OCC1CCCC1. The van der Waals surface area contributed by atoms with Crippen LogP contribution in [0.4, 0.5) is 4.39 Å². The zero-order valence-corrected chi connectivity index (χ0v) is 10.2. The highest BCUT2D eigenvalue weighted by Gasteiger charge is 2.17. The third-order valence-corrected chi connectivity index (χ3v) is 3.37. The Labute approximate surface area is 101 Å². The van der Waals surface area contributed by atoms with Crippen LogP contribution in [0.2, 0.25) is 0 Å². The van der Waals surface area contributed by atoms with Gasteiger partial charge in [-0.25, -0.2) is 4.39 Å². The first-order chi connectivity index (χ1) is 8.16. The van der Waals surface area contributed by atoms with Crippen molar-refractivity contribution in [3.8, 4) is 5.75 Å². The van der Waals surface area contributed by atoms with Gasteiger partial charge in [0.15, 0.2) is 0 Å². The van der Waals surface area contributed by atoms with E-state index < -0.39 is 6.10 Å². The Morgan fingerprint density at radius 1 is 1.41 bits per heavy atom. The Kier molecular flexibility index (Phi) is 4.00. The van der Waals surface area contributed by atoms with Crippen molar-refractivity contribution in [1.82, 2.24) is 0 Å². The van der Waals surface area contributed by atoms with E-state index in [9.17, 15) is 9.50 Å². The molecule has 2 rings (SSSR count). The molecule has 1 fully saturated rings. The summed E-state index contributed by atoms with van der Waals surface area (Å²) in [5.41, 5.74) is 0.657. The topological polar surface area (TPSA) is 29.5 Å². The van der Waals surface area contributed by atoms with Crippen LogP contribution in [0, 0.1) is 11.7 Å². The molecule has 1 N–H and O–H groups in total. The molecule has 1 atom stereocenters. The first kappa shape index (κ1) is 12.4. The Bertz CT molecular complexity index is 370. The van der Waals surface area contributed by atoms with Crippen molar-refractivity contribution in [3.63, 3.8) is 0 Å². The smallest absolute Gasteiger partial charge is 0.128 e. The first-order valence-corrected chi connectivity index (χ1v) is 6.27. The van der Waals surface area contributed by atoms with Crippen LogP contribution < -0.4 is 4.74 Å². The maximum absolute atomic E-state index is 13.1. The number of ether oxygens (including phenoxy) is 1. The maximum Gasteiger partial charge on any atom is 0.128 e. The molecule has 94 valence electrons. The molecule has 0 unspecified atom stereocenters. The summed E-state index contributed by atoms with van der Waals surface area (Å²) < 4.78 is 18.8. The highest BCUT2D eigenvalue weighted by molar-refractivity contribution is 5.35. The minimum atomic E-state index is -0.630. The van der Waals surface area contributed by atoms with Crippen LogP contribution in [0.15, 0.2) is 18.2 Å². The van der Waals surface area contributed by atoms with Gasteiger partial charge in [0, 0.05) is 11.6 Å². The lowest BCUT2D eigenvalue weighted by molar-refractivity contribution is 0.186. The monoisotopic (exact) mass is 238 g/mol. The summed E-state index contributed by atoms with van der Waals surface area (Å²) in [6.07, 6.45) is 4.29. The molecule has 0 amide bonds. The predicted octanol–water partition coefficient (Wildman–Crippen LogP) is 3.45. The van der Waals surface area contributed by atoms with E-state index in [1.165, 1.54) is 37.8 Å². The molecule has 3 heteroatoms. The minimum Gasteiger partial charge on any atom is -0.493 e. The van der Waals surface area contributed by atoms with Crippen LogP contribution in [0.25, 0.3) is 0 Å². The highest BCUT2D eigenvalue weighted by Crippen LogP contribution is 2.29. The number of benzene rings is 1. The second-order valence-corrected chi connectivity index (χ2v) is 4.82. The van der Waals surface area contributed by atoms with E-state index in [1.807, 2.05) is 0 Å². The number of aliphatic hydroxyl groups is 1. The van der Waals surface area contributed by atoms with E-state index in [2.05, 4.69) is 0 Å². The van der Waals surface area contributed by atoms with Gasteiger partial charge < -0.3 is 9.84 Å². The third-order valence-electron chi connectivity index (χ3n) is 3.37. The summed E-state index contributed by atoms with van der Waals surface area (Å²) in [6.45, 7) is 2.29. The number of rotatable bonds is 4. The molecule has 17 heavy (non-hydrogen) atoms. The molecule has 1 aliphatic rings. The van der Waals surface area contributed by atoms with E-state index in [0.29, 0.717) is 23.8 Å². The van der Waals surface area contributed by atoms with Gasteiger partial charge in [0.1, 0.15) is 11.6 Å². The molecular weight excluding hydrogens is 219 g/mol. The van der Waals surface area contributed by atoms with E-state index in [1.54, 1.807) is 13.0 Å². The second kappa shape index (κ2) is 5.50. The number of halogens is 1. The quantitative estimate of drug-likeness (QED) is 0.870. The molecule has 1 aromatic carbocycles. The lowest BCUT2D eigenvalue weighted by Gasteiger charge is -2.16. The van der Waals surface area contributed by atoms with Crippen molar-refractivity contribution < 1.29 is 14.2 Å². The molecule has 0 bridgehead atoms. The fourth-order valence-corrected chi connectivity index (χ4v) is 2.36. The van der Waals surface area contributed by atoms with Gasteiger partial charge in [-0.15, -0.1) is 0 Å². The number of aliphatic hydroxyl groups excluding tert-OH is 1. The lowest BCUT2D eigenvalue weighted by atomic mass is 10.1. The highest BCUT2D eigenvalue weighted by atomic mass is 19.1. The van der Waals surface area contributed by atoms with E-state index >= 15 is 0 Å². The van der Waals surface area contributed by atoms with Gasteiger partial charge in [-0.2, -0.15) is 0 Å². The molecule has 0 radical (unpaired) electrons. The zero-order chi connectivity index (χ0) is 12.3. The van der Waals surface area contributed by atoms with Crippen LogP contribution in [0.3, 0.4) is 0 Å². The fraction of sp³-hybridized carbons (Fsp3) is 0.571. The molecule has 1 saturated carbocycles. The van der Waals surface area contributed by atoms with Crippen molar-refractivity contribution in [2.24, 2.45) is 5.92 Å². The van der Waals surface area contributed by atoms with Crippen molar-refractivity contribution in [2.75, 3.05) is 6.61 Å². The fourth-order valence-electron chi connectivity index (χ4n) is 2.36. The predicted molar refractivity (Wildman–Crippen MR) is 64.5 cm³/mol. The minimum absolute atomic E-state index is 0.323. The number of hydrogen-bond donors (Lipinski definition) is 1. The zero-order valence-electron chi connectivity index (χ0n) is 10.2. The molecule has 0 aliphatic heterocycles. The van der Waals surface area contributed by atoms with Crippen molar-refractivity contribution >= 4 is 0 Å². The Morgan fingerprint density at radius 3 is 2.76 bits per heavy atom. The molecule has 0 aromatic heterocycles. The molecule has 2 nitrogen and oxygen atoms in total. The first-order valence-electron chi connectivity index (χ1n) is 6.27. The summed E-state index contributed by atoms with van der Waals surface area (Å²) in [4.78, 5) is 0. The van der Waals surface area contributed by atoms with Crippen LogP contribution in [0.5, 0.6) is 5.75 Å². The van der Waals surface area contributed by atoms with Crippen LogP contribution in [0.1, 0.15) is 44.3 Å². The van der Waals surface area contributed by atoms with Gasteiger partial charge in [-0.05, 0) is 37.8 Å². The van der Waals surface area contributed by atoms with Gasteiger partial charge >= 0.3 is 0 Å². The lowest BCUT2D eigenvalue weighted by Crippen LogP contribution is -2.10. The van der Waals surface area contributed by atoms with Crippen LogP contribution in [-0.4, -0.2) is 11.7 Å². The summed E-state index contributed by atoms with van der Waals surface area (Å²) in [7, 11) is 0. The summed E-state index contributed by atoms with van der Waals surface area (Å²) in [5, 5.41) is 9.58. The van der Waals surface area contributed by atoms with Gasteiger partial charge in [0.2, 0.25) is 0 Å². The third kappa shape index (κ3) is 3.19. The Hall–Kier alpha value is -1.09. The van der Waals surface area contributed by atoms with Gasteiger partial charge in [0.25, 0.3) is 0 Å². The Balaban J connectivity index is 2.04. The van der Waals surface area contributed by atoms with Crippen molar-refractivity contribution in [3.05, 3.63) is 29.6 Å². The molecule has 0 spiro atoms. The van der Waals surface area contributed by atoms with Crippen molar-refractivity contribution in [2.45, 2.75) is 38.7 Å². The second-order valence-electron chi connectivity index (χ2n) is 4.82. The standard InChI is InChI=1S/C14H19FO2/c1-10(16)13-7-6-12(15)8-14(13)17-9-11-4-2-3-5-11/h6-8,10-11,16H,2-5,9H2,1H3/t10-/m0/s1. The summed E-state index contributed by atoms with van der Waals surface area (Å²) in [6, 6.07) is 4.30.